The molecule has 1 aliphatic rings. The third-order valence-corrected chi connectivity index (χ3v) is 6.47. The van der Waals surface area contributed by atoms with Gasteiger partial charge in [-0.1, -0.05) is 24.3 Å². The van der Waals surface area contributed by atoms with Crippen molar-refractivity contribution in [3.05, 3.63) is 58.6 Å². The molecule has 1 fully saturated rings. The van der Waals surface area contributed by atoms with Gasteiger partial charge in [0.05, 0.1) is 26.2 Å². The summed E-state index contributed by atoms with van der Waals surface area (Å²) in [4.78, 5) is 32.9. The molecule has 1 N–H and O–H groups in total. The number of nitrogens with zero attached hydrogens (tertiary/aromatic N) is 2. The molecule has 0 radical (unpaired) electrons. The van der Waals surface area contributed by atoms with Gasteiger partial charge in [0, 0.05) is 30.7 Å². The summed E-state index contributed by atoms with van der Waals surface area (Å²) in [7, 11) is 1.61. The number of carbonyl (C=O) groups is 2. The van der Waals surface area contributed by atoms with Crippen LogP contribution in [-0.2, 0) is 9.53 Å². The Balaban J connectivity index is 1.47. The zero-order chi connectivity index (χ0) is 21.8. The number of rotatable bonds is 6. The maximum absolute atomic E-state index is 12.8. The van der Waals surface area contributed by atoms with E-state index in [0.29, 0.717) is 31.2 Å². The molecule has 3 heterocycles. The Bertz CT molecular complexity index is 1100. The summed E-state index contributed by atoms with van der Waals surface area (Å²) in [6.45, 7) is 3.64. The third kappa shape index (κ3) is 4.55. The Morgan fingerprint density at radius 1 is 1.29 bits per heavy atom. The summed E-state index contributed by atoms with van der Waals surface area (Å²) in [6, 6.07) is 11.6. The average Bonchev–Trinajstić information content (AvgIpc) is 3.19. The smallest absolute Gasteiger partial charge is 0.261 e. The van der Waals surface area contributed by atoms with E-state index >= 15 is 0 Å². The number of carbonyl (C=O) groups excluding carboxylic acids is 2. The summed E-state index contributed by atoms with van der Waals surface area (Å²) in [5.74, 6) is 0.639. The summed E-state index contributed by atoms with van der Waals surface area (Å²) in [5, 5.41) is 3.59. The van der Waals surface area contributed by atoms with E-state index in [1.54, 1.807) is 18.1 Å². The van der Waals surface area contributed by atoms with Gasteiger partial charge in [0.25, 0.3) is 5.91 Å². The average molecular weight is 440 g/mol. The molecule has 4 rings (SSSR count). The number of aromatic nitrogens is 1. The lowest BCUT2D eigenvalue weighted by Crippen LogP contribution is -2.43. The lowest BCUT2D eigenvalue weighted by atomic mass is 10.0. The molecule has 2 aromatic heterocycles. The number of para-hydroxylation sites is 1. The van der Waals surface area contributed by atoms with Gasteiger partial charge in [-0.2, -0.15) is 0 Å². The molecule has 0 bridgehead atoms. The van der Waals surface area contributed by atoms with Crippen LogP contribution < -0.4 is 10.1 Å². The van der Waals surface area contributed by atoms with E-state index in [-0.39, 0.29) is 24.3 Å². The zero-order valence-electron chi connectivity index (χ0n) is 17.6. The fraction of sp³-hybridized carbons (Fsp3) is 0.348. The second-order valence-corrected chi connectivity index (χ2v) is 8.34. The first kappa shape index (κ1) is 21.3. The van der Waals surface area contributed by atoms with Crippen molar-refractivity contribution in [3.8, 4) is 5.75 Å². The van der Waals surface area contributed by atoms with Gasteiger partial charge in [0.1, 0.15) is 21.6 Å². The summed E-state index contributed by atoms with van der Waals surface area (Å²) < 4.78 is 11.8. The molecule has 7 nitrogen and oxygen atoms in total. The van der Waals surface area contributed by atoms with E-state index in [2.05, 4.69) is 10.3 Å². The first-order valence-electron chi connectivity index (χ1n) is 10.3. The van der Waals surface area contributed by atoms with Crippen LogP contribution in [0, 0.1) is 6.92 Å². The molecular formula is C23H25N3O4S. The quantitative estimate of drug-likeness (QED) is 0.637. The number of thiophene rings is 1. The largest absolute Gasteiger partial charge is 0.493 e. The molecule has 162 valence electrons. The third-order valence-electron chi connectivity index (χ3n) is 5.35. The highest BCUT2D eigenvalue weighted by Crippen LogP contribution is 2.37. The number of pyridine rings is 1. The van der Waals surface area contributed by atoms with Gasteiger partial charge in [-0.15, -0.1) is 11.3 Å². The van der Waals surface area contributed by atoms with Crippen LogP contribution in [0.4, 0.5) is 0 Å². The van der Waals surface area contributed by atoms with Gasteiger partial charge in [-0.05, 0) is 24.6 Å². The Morgan fingerprint density at radius 2 is 2.13 bits per heavy atom. The topological polar surface area (TPSA) is 80.8 Å². The number of benzene rings is 1. The highest BCUT2D eigenvalue weighted by atomic mass is 32.1. The molecule has 1 aromatic carbocycles. The maximum atomic E-state index is 12.8. The summed E-state index contributed by atoms with van der Waals surface area (Å²) in [6.07, 6.45) is 1.62. The van der Waals surface area contributed by atoms with Crippen molar-refractivity contribution >= 4 is 33.4 Å². The van der Waals surface area contributed by atoms with Crippen molar-refractivity contribution in [2.45, 2.75) is 19.4 Å². The number of fused-ring (bicyclic) bond motifs is 1. The molecule has 8 heteroatoms. The number of aryl methyl sites for hydroxylation is 1. The molecule has 0 unspecified atom stereocenters. The summed E-state index contributed by atoms with van der Waals surface area (Å²) in [5.41, 5.74) is 1.85. The highest BCUT2D eigenvalue weighted by Gasteiger charge is 2.31. The lowest BCUT2D eigenvalue weighted by molar-refractivity contribution is -0.139. The summed E-state index contributed by atoms with van der Waals surface area (Å²) >= 11 is 1.35. The molecule has 1 saturated heterocycles. The predicted octanol–water partition coefficient (Wildman–Crippen LogP) is 3.33. The van der Waals surface area contributed by atoms with E-state index < -0.39 is 0 Å². The molecule has 0 aliphatic carbocycles. The molecular weight excluding hydrogens is 414 g/mol. The van der Waals surface area contributed by atoms with E-state index in [1.165, 1.54) is 11.3 Å². The van der Waals surface area contributed by atoms with Gasteiger partial charge < -0.3 is 19.7 Å². The van der Waals surface area contributed by atoms with Gasteiger partial charge in [-0.3, -0.25) is 9.59 Å². The van der Waals surface area contributed by atoms with Gasteiger partial charge >= 0.3 is 0 Å². The molecule has 2 amide bonds. The SMILES string of the molecule is CNC(=O)c1sc2ncccc2c1[C@H]1CN(C(=O)CCOc2ccccc2C)CCO1. The Morgan fingerprint density at radius 3 is 2.94 bits per heavy atom. The first-order chi connectivity index (χ1) is 15.1. The van der Waals surface area contributed by atoms with Crippen molar-refractivity contribution in [1.29, 1.82) is 0 Å². The van der Waals surface area contributed by atoms with Crippen LogP contribution in [0.5, 0.6) is 5.75 Å². The minimum atomic E-state index is -0.375. The predicted molar refractivity (Wildman–Crippen MR) is 120 cm³/mol. The number of amides is 2. The fourth-order valence-corrected chi connectivity index (χ4v) is 4.87. The standard InChI is InChI=1S/C23H25N3O4S/c1-15-6-3-4-8-17(15)29-12-9-19(27)26-11-13-30-18(14-26)20-16-7-5-10-25-23(16)31-21(20)22(28)24-2/h3-8,10,18H,9,11-14H2,1-2H3,(H,24,28)/t18-/m1/s1. The Kier molecular flexibility index (Phi) is 6.48. The highest BCUT2D eigenvalue weighted by molar-refractivity contribution is 7.20. The zero-order valence-corrected chi connectivity index (χ0v) is 18.4. The minimum absolute atomic E-state index is 0.0148. The van der Waals surface area contributed by atoms with Gasteiger partial charge in [-0.25, -0.2) is 4.98 Å². The maximum Gasteiger partial charge on any atom is 0.261 e. The van der Waals surface area contributed by atoms with Crippen molar-refractivity contribution < 1.29 is 19.1 Å². The number of hydrogen-bond acceptors (Lipinski definition) is 6. The van der Waals surface area contributed by atoms with E-state index in [9.17, 15) is 9.59 Å². The van der Waals surface area contributed by atoms with E-state index in [4.69, 9.17) is 9.47 Å². The number of hydrogen-bond donors (Lipinski definition) is 1. The lowest BCUT2D eigenvalue weighted by Gasteiger charge is -2.33. The van der Waals surface area contributed by atoms with Crippen LogP contribution in [0.25, 0.3) is 10.2 Å². The number of nitrogens with one attached hydrogen (secondary N) is 1. The molecule has 3 aromatic rings. The van der Waals surface area contributed by atoms with Crippen LogP contribution in [0.3, 0.4) is 0 Å². The van der Waals surface area contributed by atoms with Crippen LogP contribution in [-0.4, -0.2) is 55.0 Å². The van der Waals surface area contributed by atoms with Crippen LogP contribution in [0.2, 0.25) is 0 Å². The Labute approximate surface area is 185 Å². The van der Waals surface area contributed by atoms with E-state index in [0.717, 1.165) is 27.1 Å². The van der Waals surface area contributed by atoms with Crippen molar-refractivity contribution in [1.82, 2.24) is 15.2 Å². The molecule has 31 heavy (non-hydrogen) atoms. The van der Waals surface area contributed by atoms with Crippen molar-refractivity contribution in [2.24, 2.45) is 0 Å². The van der Waals surface area contributed by atoms with E-state index in [1.807, 2.05) is 43.3 Å². The second-order valence-electron chi connectivity index (χ2n) is 7.34. The van der Waals surface area contributed by atoms with Crippen molar-refractivity contribution in [3.63, 3.8) is 0 Å². The molecule has 1 aliphatic heterocycles. The van der Waals surface area contributed by atoms with Crippen molar-refractivity contribution in [2.75, 3.05) is 33.4 Å². The first-order valence-corrected chi connectivity index (χ1v) is 11.1. The fourth-order valence-electron chi connectivity index (χ4n) is 3.73. The minimum Gasteiger partial charge on any atom is -0.493 e. The van der Waals surface area contributed by atoms with Gasteiger partial charge in [0.15, 0.2) is 0 Å². The van der Waals surface area contributed by atoms with Crippen LogP contribution in [0.15, 0.2) is 42.6 Å². The van der Waals surface area contributed by atoms with Gasteiger partial charge in [0.2, 0.25) is 5.91 Å². The van der Waals surface area contributed by atoms with Crippen LogP contribution >= 0.6 is 11.3 Å². The molecule has 0 saturated carbocycles. The second kappa shape index (κ2) is 9.45. The Hall–Kier alpha value is -2.97. The monoisotopic (exact) mass is 439 g/mol. The molecule has 0 spiro atoms. The number of morpholine rings is 1. The van der Waals surface area contributed by atoms with Crippen LogP contribution in [0.1, 0.15) is 33.3 Å². The number of ether oxygens (including phenoxy) is 2. The molecule has 1 atom stereocenters. The normalized spacial score (nSPS) is 16.3.